The van der Waals surface area contributed by atoms with Gasteiger partial charge in [-0.05, 0) is 66.1 Å². The smallest absolute Gasteiger partial charge is 0.417 e. The Hall–Kier alpha value is -3.85. The molecule has 1 aliphatic carbocycles. The van der Waals surface area contributed by atoms with E-state index in [1.165, 1.54) is 37.0 Å². The Bertz CT molecular complexity index is 1400. The number of hydrogen-bond acceptors (Lipinski definition) is 3. The number of carbonyl (C=O) groups is 3. The normalized spacial score (nSPS) is 14.7. The zero-order chi connectivity index (χ0) is 30.3. The highest BCUT2D eigenvalue weighted by Gasteiger charge is 2.34. The second-order valence-electron chi connectivity index (χ2n) is 10.5. The molecule has 3 N–H and O–H groups in total. The maximum absolute atomic E-state index is 13.6. The quantitative estimate of drug-likeness (QED) is 0.224. The highest BCUT2D eigenvalue weighted by Crippen LogP contribution is 2.39. The lowest BCUT2D eigenvalue weighted by atomic mass is 9.83. The second kappa shape index (κ2) is 13.9. The first-order chi connectivity index (χ1) is 20.0. The monoisotopic (exact) mass is 600 g/mol. The molecule has 0 saturated heterocycles. The van der Waals surface area contributed by atoms with Crippen molar-refractivity contribution in [3.63, 3.8) is 0 Å². The molecule has 0 bridgehead atoms. The molecule has 1 saturated carbocycles. The van der Waals surface area contributed by atoms with Gasteiger partial charge in [-0.2, -0.15) is 13.2 Å². The lowest BCUT2D eigenvalue weighted by molar-refractivity contribution is -0.138. The minimum atomic E-state index is -4.67. The highest BCUT2D eigenvalue weighted by molar-refractivity contribution is 6.34. The first-order valence-electron chi connectivity index (χ1n) is 13.9. The summed E-state index contributed by atoms with van der Waals surface area (Å²) in [7, 11) is 0. The molecule has 0 spiro atoms. The van der Waals surface area contributed by atoms with Crippen molar-refractivity contribution in [2.45, 2.75) is 63.0 Å². The van der Waals surface area contributed by atoms with Crippen molar-refractivity contribution in [3.8, 4) is 0 Å². The van der Waals surface area contributed by atoms with Gasteiger partial charge >= 0.3 is 12.1 Å². The number of rotatable bonds is 10. The first kappa shape index (κ1) is 31.1. The molecule has 0 radical (unpaired) electrons. The summed E-state index contributed by atoms with van der Waals surface area (Å²) in [6.45, 7) is -0.00683. The van der Waals surface area contributed by atoms with Crippen LogP contribution in [-0.4, -0.2) is 29.4 Å². The Morgan fingerprint density at radius 1 is 0.929 bits per heavy atom. The van der Waals surface area contributed by atoms with Gasteiger partial charge in [-0.25, -0.2) is 0 Å². The Kier molecular flexibility index (Phi) is 10.3. The predicted octanol–water partition coefficient (Wildman–Crippen LogP) is 7.58. The van der Waals surface area contributed by atoms with E-state index in [9.17, 15) is 27.6 Å². The molecule has 0 aromatic heterocycles. The molecule has 2 amide bonds. The molecule has 222 valence electrons. The second-order valence-corrected chi connectivity index (χ2v) is 10.9. The van der Waals surface area contributed by atoms with Crippen LogP contribution in [-0.2, 0) is 22.2 Å². The number of halogens is 4. The van der Waals surface area contributed by atoms with Gasteiger partial charge in [-0.3, -0.25) is 14.4 Å². The van der Waals surface area contributed by atoms with Crippen molar-refractivity contribution >= 4 is 35.1 Å². The van der Waals surface area contributed by atoms with Crippen molar-refractivity contribution in [1.82, 2.24) is 5.32 Å². The SMILES string of the molecule is O=C(O)CCNC(=O)c1ccc(CC(C(=O)Nc2cccc(C(F)(F)F)c2Cl)c2ccc(C3CCCCC3)cc2)cc1. The third kappa shape index (κ3) is 8.12. The fourth-order valence-electron chi connectivity index (χ4n) is 5.28. The molecule has 3 aromatic carbocycles. The molecule has 3 aromatic rings. The number of benzene rings is 3. The average Bonchev–Trinajstić information content (AvgIpc) is 2.97. The van der Waals surface area contributed by atoms with Gasteiger partial charge in [0, 0.05) is 12.1 Å². The Morgan fingerprint density at radius 3 is 2.21 bits per heavy atom. The van der Waals surface area contributed by atoms with E-state index in [2.05, 4.69) is 10.6 Å². The molecule has 1 aliphatic rings. The van der Waals surface area contributed by atoms with E-state index >= 15 is 0 Å². The van der Waals surface area contributed by atoms with Crippen molar-refractivity contribution < 1.29 is 32.7 Å². The van der Waals surface area contributed by atoms with E-state index in [0.29, 0.717) is 17.0 Å². The van der Waals surface area contributed by atoms with Gasteiger partial charge in [0.2, 0.25) is 5.91 Å². The highest BCUT2D eigenvalue weighted by atomic mass is 35.5. The van der Waals surface area contributed by atoms with Gasteiger partial charge in [0.1, 0.15) is 0 Å². The standard InChI is InChI=1S/C32H32ClF3N2O4/c33-29-26(32(34,35)36)7-4-8-27(29)38-31(42)25(23-15-13-22(14-16-23)21-5-2-1-3-6-21)19-20-9-11-24(12-10-20)30(41)37-18-17-28(39)40/h4,7-16,21,25H,1-3,5-6,17-19H2,(H,37,41)(H,38,42)(H,39,40). The number of carboxylic acid groups (broad SMARTS) is 1. The van der Waals surface area contributed by atoms with E-state index in [1.54, 1.807) is 24.3 Å². The van der Waals surface area contributed by atoms with Gasteiger partial charge in [-0.15, -0.1) is 0 Å². The fourth-order valence-corrected chi connectivity index (χ4v) is 5.56. The molecule has 0 aliphatic heterocycles. The van der Waals surface area contributed by atoms with Crippen molar-refractivity contribution in [1.29, 1.82) is 0 Å². The maximum Gasteiger partial charge on any atom is 0.417 e. The predicted molar refractivity (Wildman–Crippen MR) is 155 cm³/mol. The van der Waals surface area contributed by atoms with Gasteiger partial charge in [0.05, 0.1) is 28.6 Å². The largest absolute Gasteiger partial charge is 0.481 e. The van der Waals surface area contributed by atoms with Crippen molar-refractivity contribution in [2.24, 2.45) is 0 Å². The number of carboxylic acids is 1. The molecule has 4 rings (SSSR count). The number of amides is 2. The molecule has 1 fully saturated rings. The Balaban J connectivity index is 1.57. The van der Waals surface area contributed by atoms with Crippen LogP contribution in [0.3, 0.4) is 0 Å². The molecule has 42 heavy (non-hydrogen) atoms. The molecular formula is C32H32ClF3N2O4. The fraction of sp³-hybridized carbons (Fsp3) is 0.344. The third-order valence-corrected chi connectivity index (χ3v) is 7.98. The molecular weight excluding hydrogens is 569 g/mol. The summed E-state index contributed by atoms with van der Waals surface area (Å²) in [6, 6.07) is 17.8. The van der Waals surface area contributed by atoms with Crippen LogP contribution in [0.1, 0.15) is 83.0 Å². The van der Waals surface area contributed by atoms with E-state index in [-0.39, 0.29) is 25.1 Å². The van der Waals surface area contributed by atoms with E-state index in [4.69, 9.17) is 16.7 Å². The molecule has 1 unspecified atom stereocenters. The van der Waals surface area contributed by atoms with Crippen molar-refractivity contribution in [3.05, 3.63) is 99.6 Å². The van der Waals surface area contributed by atoms with Crippen molar-refractivity contribution in [2.75, 3.05) is 11.9 Å². The third-order valence-electron chi connectivity index (χ3n) is 7.57. The number of alkyl halides is 3. The van der Waals surface area contributed by atoms with Crippen LogP contribution in [0.15, 0.2) is 66.7 Å². The van der Waals surface area contributed by atoms with Crippen LogP contribution in [0.4, 0.5) is 18.9 Å². The summed E-state index contributed by atoms with van der Waals surface area (Å²) < 4.78 is 40.2. The topological polar surface area (TPSA) is 95.5 Å². The zero-order valence-electron chi connectivity index (χ0n) is 22.8. The summed E-state index contributed by atoms with van der Waals surface area (Å²) in [4.78, 5) is 36.6. The van der Waals surface area contributed by atoms with Crippen LogP contribution in [0.5, 0.6) is 0 Å². The Morgan fingerprint density at radius 2 is 1.60 bits per heavy atom. The number of aliphatic carboxylic acids is 1. The molecule has 0 heterocycles. The minimum absolute atomic E-state index is 0.00683. The van der Waals surface area contributed by atoms with E-state index in [0.717, 1.165) is 24.5 Å². The van der Waals surface area contributed by atoms with Crippen LogP contribution in [0, 0.1) is 0 Å². The summed E-state index contributed by atoms with van der Waals surface area (Å²) >= 11 is 6.05. The van der Waals surface area contributed by atoms with Crippen LogP contribution in [0.25, 0.3) is 0 Å². The summed E-state index contributed by atoms with van der Waals surface area (Å²) in [5, 5.41) is 13.3. The molecule has 1 atom stereocenters. The van der Waals surface area contributed by atoms with E-state index < -0.39 is 40.5 Å². The van der Waals surface area contributed by atoms with Gasteiger partial charge < -0.3 is 15.7 Å². The number of nitrogens with one attached hydrogen (secondary N) is 2. The lowest BCUT2D eigenvalue weighted by Crippen LogP contribution is -2.26. The molecule has 10 heteroatoms. The minimum Gasteiger partial charge on any atom is -0.481 e. The average molecular weight is 601 g/mol. The number of anilines is 1. The number of hydrogen-bond donors (Lipinski definition) is 3. The van der Waals surface area contributed by atoms with Gasteiger partial charge in [0.25, 0.3) is 5.91 Å². The summed E-state index contributed by atoms with van der Waals surface area (Å²) in [6.07, 6.45) is 1.18. The zero-order valence-corrected chi connectivity index (χ0v) is 23.6. The molecule has 6 nitrogen and oxygen atoms in total. The van der Waals surface area contributed by atoms with Gasteiger partial charge in [0.15, 0.2) is 0 Å². The summed E-state index contributed by atoms with van der Waals surface area (Å²) in [5.41, 5.74) is 1.80. The van der Waals surface area contributed by atoms with Gasteiger partial charge in [-0.1, -0.05) is 73.3 Å². The van der Waals surface area contributed by atoms with E-state index in [1.807, 2.05) is 24.3 Å². The number of carbonyl (C=O) groups excluding carboxylic acids is 2. The van der Waals surface area contributed by atoms with Crippen LogP contribution < -0.4 is 10.6 Å². The summed E-state index contributed by atoms with van der Waals surface area (Å²) in [5.74, 6) is -2.25. The first-order valence-corrected chi connectivity index (χ1v) is 14.3. The van der Waals surface area contributed by atoms with Crippen LogP contribution >= 0.6 is 11.6 Å². The maximum atomic E-state index is 13.6. The Labute approximate surface area is 247 Å². The lowest BCUT2D eigenvalue weighted by Gasteiger charge is -2.23. The van der Waals surface area contributed by atoms with Crippen LogP contribution in [0.2, 0.25) is 5.02 Å².